The first-order valence-electron chi connectivity index (χ1n) is 4.86. The van der Waals surface area contributed by atoms with Gasteiger partial charge in [-0.2, -0.15) is 17.1 Å². The molecule has 1 aromatic heterocycles. The van der Waals surface area contributed by atoms with Crippen molar-refractivity contribution in [1.29, 1.82) is 0 Å². The first-order chi connectivity index (χ1) is 8.08. The van der Waals surface area contributed by atoms with Crippen LogP contribution in [-0.2, 0) is 16.7 Å². The molecule has 1 aromatic rings. The molecule has 0 aliphatic carbocycles. The Morgan fingerprint density at radius 2 is 1.94 bits per heavy atom. The lowest BCUT2D eigenvalue weighted by Gasteiger charge is -2.08. The van der Waals surface area contributed by atoms with E-state index in [9.17, 15) is 13.2 Å². The molecule has 0 bridgehead atoms. The second kappa shape index (κ2) is 7.00. The summed E-state index contributed by atoms with van der Waals surface area (Å²) in [7, 11) is -6.09. The number of aryl methyl sites for hydroxylation is 1. The molecule has 0 aliphatic heterocycles. The molecule has 0 aromatic carbocycles. The number of hydrogen-bond donors (Lipinski definition) is 1. The molecule has 0 N–H and O–H groups in total. The molecular weight excluding hydrogens is 293 g/mol. The van der Waals surface area contributed by atoms with Crippen LogP contribution in [-0.4, -0.2) is 22.5 Å². The van der Waals surface area contributed by atoms with E-state index in [4.69, 9.17) is 13.0 Å². The van der Waals surface area contributed by atoms with Crippen LogP contribution in [0.4, 0.5) is 13.2 Å². The summed E-state index contributed by atoms with van der Waals surface area (Å²) in [4.78, 5) is 0. The molecule has 0 spiro atoms. The number of nitrogens with zero attached hydrogens (tertiary/aromatic N) is 2. The Hall–Kier alpha value is -0.740. The van der Waals surface area contributed by atoms with Crippen molar-refractivity contribution in [2.75, 3.05) is 0 Å². The van der Waals surface area contributed by atoms with Crippen LogP contribution >= 0.6 is 12.8 Å². The normalized spacial score (nSPS) is 11.9. The predicted molar refractivity (Wildman–Crippen MR) is 59.7 cm³/mol. The molecule has 106 valence electrons. The van der Waals surface area contributed by atoms with E-state index in [1.165, 1.54) is 12.8 Å². The van der Waals surface area contributed by atoms with Crippen molar-refractivity contribution < 1.29 is 30.7 Å². The van der Waals surface area contributed by atoms with Crippen LogP contribution in [0.1, 0.15) is 19.8 Å². The maximum atomic E-state index is 10.7. The summed E-state index contributed by atoms with van der Waals surface area (Å²) in [6.07, 6.45) is 8.41. The molecule has 0 saturated heterocycles. The third-order valence-electron chi connectivity index (χ3n) is 1.73. The highest BCUT2D eigenvalue weighted by molar-refractivity contribution is 7.86. The predicted octanol–water partition coefficient (Wildman–Crippen LogP) is 1.32. The second-order valence-corrected chi connectivity index (χ2v) is 5.12. The molecule has 1 heterocycles. The second-order valence-electron chi connectivity index (χ2n) is 3.28. The van der Waals surface area contributed by atoms with Crippen molar-refractivity contribution >= 4 is 22.9 Å². The van der Waals surface area contributed by atoms with E-state index in [2.05, 4.69) is 24.3 Å². The number of alkyl halides is 3. The third-order valence-corrected chi connectivity index (χ3v) is 2.53. The van der Waals surface area contributed by atoms with Crippen LogP contribution in [0.3, 0.4) is 0 Å². The number of thiol groups is 1. The monoisotopic (exact) mass is 306 g/mol. The lowest BCUT2D eigenvalue weighted by molar-refractivity contribution is -0.696. The summed E-state index contributed by atoms with van der Waals surface area (Å²) in [5.41, 5.74) is -5.65. The molecule has 0 radical (unpaired) electrons. The van der Waals surface area contributed by atoms with E-state index < -0.39 is 15.6 Å². The van der Waals surface area contributed by atoms with Crippen molar-refractivity contribution in [2.24, 2.45) is 0 Å². The highest BCUT2D eigenvalue weighted by atomic mass is 32.2. The number of unbranched alkanes of at least 4 members (excludes halogenated alkanes) is 1. The minimum atomic E-state index is -6.09. The number of imidazole rings is 1. The van der Waals surface area contributed by atoms with E-state index in [1.54, 1.807) is 3.97 Å². The standard InChI is InChI=1S/C7H13N2S.CHF3O3S/c1-2-3-4-8-5-6-9(10)7-8;2-1(3,4)8(5,6)7/h5-7,10H,2-4H2,1H3;(H,5,6,7)/q+1;/p-1. The Bertz CT molecular complexity index is 456. The quantitative estimate of drug-likeness (QED) is 0.396. The van der Waals surface area contributed by atoms with Gasteiger partial charge in [0.1, 0.15) is 12.4 Å². The molecule has 0 fully saturated rings. The number of aromatic nitrogens is 2. The van der Waals surface area contributed by atoms with Gasteiger partial charge in [-0.15, -0.1) is 0 Å². The highest BCUT2D eigenvalue weighted by Gasteiger charge is 2.36. The van der Waals surface area contributed by atoms with Crippen LogP contribution in [0.15, 0.2) is 18.7 Å². The zero-order chi connectivity index (χ0) is 14.4. The Labute approximate surface area is 109 Å². The molecule has 10 heteroatoms. The minimum absolute atomic E-state index is 1.10. The summed E-state index contributed by atoms with van der Waals surface area (Å²) >= 11 is 4.12. The fraction of sp³-hybridized carbons (Fsp3) is 0.625. The molecule has 18 heavy (non-hydrogen) atoms. The molecule has 0 aliphatic rings. The highest BCUT2D eigenvalue weighted by Crippen LogP contribution is 2.20. The number of hydrogen-bond acceptors (Lipinski definition) is 4. The van der Waals surface area contributed by atoms with Crippen LogP contribution in [0.2, 0.25) is 0 Å². The van der Waals surface area contributed by atoms with Crippen LogP contribution in [0.5, 0.6) is 0 Å². The van der Waals surface area contributed by atoms with Crippen LogP contribution in [0, 0.1) is 0 Å². The minimum Gasteiger partial charge on any atom is -0.741 e. The Kier molecular flexibility index (Phi) is 6.71. The smallest absolute Gasteiger partial charge is 0.485 e. The number of rotatable bonds is 3. The van der Waals surface area contributed by atoms with Crippen molar-refractivity contribution in [3.63, 3.8) is 0 Å². The van der Waals surface area contributed by atoms with Gasteiger partial charge in [-0.25, -0.2) is 13.0 Å². The average molecular weight is 306 g/mol. The van der Waals surface area contributed by atoms with Gasteiger partial charge in [-0.1, -0.05) is 13.3 Å². The van der Waals surface area contributed by atoms with Gasteiger partial charge in [0, 0.05) is 12.8 Å². The van der Waals surface area contributed by atoms with Gasteiger partial charge in [-0.05, 0) is 6.42 Å². The summed E-state index contributed by atoms with van der Waals surface area (Å²) in [6.45, 7) is 3.29. The first-order valence-corrected chi connectivity index (χ1v) is 6.67. The summed E-state index contributed by atoms with van der Waals surface area (Å²) < 4.78 is 62.8. The first kappa shape index (κ1) is 17.3. The van der Waals surface area contributed by atoms with Crippen molar-refractivity contribution in [3.05, 3.63) is 18.7 Å². The summed E-state index contributed by atoms with van der Waals surface area (Å²) in [5, 5.41) is 0. The maximum Gasteiger partial charge on any atom is 0.485 e. The van der Waals surface area contributed by atoms with E-state index in [1.807, 2.05) is 18.7 Å². The van der Waals surface area contributed by atoms with E-state index in [-0.39, 0.29) is 0 Å². The van der Waals surface area contributed by atoms with Crippen LogP contribution < -0.4 is 4.57 Å². The Morgan fingerprint density at radius 3 is 2.22 bits per heavy atom. The molecular formula is C8H13F3N2O3S2. The van der Waals surface area contributed by atoms with Crippen molar-refractivity contribution in [1.82, 2.24) is 3.97 Å². The largest absolute Gasteiger partial charge is 0.741 e. The van der Waals surface area contributed by atoms with E-state index in [0.29, 0.717) is 0 Å². The fourth-order valence-corrected chi connectivity index (χ4v) is 1.05. The van der Waals surface area contributed by atoms with Gasteiger partial charge >= 0.3 is 5.51 Å². The van der Waals surface area contributed by atoms with Gasteiger partial charge in [0.15, 0.2) is 10.1 Å². The third kappa shape index (κ3) is 6.87. The van der Waals surface area contributed by atoms with Gasteiger partial charge in [0.05, 0.1) is 6.54 Å². The zero-order valence-electron chi connectivity index (χ0n) is 9.46. The summed E-state index contributed by atoms with van der Waals surface area (Å²) in [5.74, 6) is 0. The van der Waals surface area contributed by atoms with Crippen LogP contribution in [0.25, 0.3) is 0 Å². The van der Waals surface area contributed by atoms with E-state index in [0.717, 1.165) is 6.54 Å². The molecule has 0 amide bonds. The van der Waals surface area contributed by atoms with Gasteiger partial charge < -0.3 is 4.55 Å². The van der Waals surface area contributed by atoms with Crippen molar-refractivity contribution in [3.8, 4) is 0 Å². The number of halogens is 3. The van der Waals surface area contributed by atoms with Gasteiger partial charge in [0.2, 0.25) is 0 Å². The molecule has 0 saturated carbocycles. The molecule has 1 rings (SSSR count). The zero-order valence-corrected chi connectivity index (χ0v) is 11.2. The molecule has 5 nitrogen and oxygen atoms in total. The summed E-state index contributed by atoms with van der Waals surface area (Å²) in [6, 6.07) is 0. The Balaban J connectivity index is 0.000000331. The SMILES string of the molecule is CCCC[n+]1ccn(S)c1.O=S(=O)([O-])C(F)(F)F. The maximum absolute atomic E-state index is 10.7. The van der Waals surface area contributed by atoms with Gasteiger partial charge in [0.25, 0.3) is 6.33 Å². The average Bonchev–Trinajstić information content (AvgIpc) is 2.59. The van der Waals surface area contributed by atoms with Crippen molar-refractivity contribution in [2.45, 2.75) is 31.8 Å². The fourth-order valence-electron chi connectivity index (χ4n) is 0.856. The molecule has 0 atom stereocenters. The topological polar surface area (TPSA) is 66.0 Å². The van der Waals surface area contributed by atoms with E-state index >= 15 is 0 Å². The van der Waals surface area contributed by atoms with Gasteiger partial charge in [-0.3, -0.25) is 0 Å². The lowest BCUT2D eigenvalue weighted by Crippen LogP contribution is -2.30. The Morgan fingerprint density at radius 1 is 1.44 bits per heavy atom. The lowest BCUT2D eigenvalue weighted by atomic mass is 10.3. The molecule has 0 unspecified atom stereocenters.